The summed E-state index contributed by atoms with van der Waals surface area (Å²) in [6, 6.07) is 11.3. The summed E-state index contributed by atoms with van der Waals surface area (Å²) in [6.07, 6.45) is 0. The Kier molecular flexibility index (Phi) is 6.88. The van der Waals surface area contributed by atoms with E-state index in [0.717, 1.165) is 9.87 Å². The van der Waals surface area contributed by atoms with Gasteiger partial charge in [-0.2, -0.15) is 4.31 Å². The van der Waals surface area contributed by atoms with Crippen molar-refractivity contribution in [3.05, 3.63) is 58.1 Å². The first kappa shape index (κ1) is 20.5. The fourth-order valence-electron chi connectivity index (χ4n) is 2.13. The summed E-state index contributed by atoms with van der Waals surface area (Å²) in [5, 5.41) is 2.95. The Bertz CT molecular complexity index is 886. The van der Waals surface area contributed by atoms with Crippen molar-refractivity contribution in [3.63, 3.8) is 0 Å². The molecule has 0 heterocycles. The summed E-state index contributed by atoms with van der Waals surface area (Å²) < 4.78 is 31.1. The summed E-state index contributed by atoms with van der Waals surface area (Å²) >= 11 is 11.8. The molecule has 2 aromatic rings. The molecule has 2 aromatic carbocycles. The molecule has 0 aliphatic rings. The van der Waals surface area contributed by atoms with Gasteiger partial charge in [-0.15, -0.1) is 0 Å². The van der Waals surface area contributed by atoms with Crippen LogP contribution in [0.3, 0.4) is 0 Å². The number of nitrogens with one attached hydrogen (secondary N) is 1. The highest BCUT2D eigenvalue weighted by molar-refractivity contribution is 7.89. The molecule has 0 radical (unpaired) electrons. The van der Waals surface area contributed by atoms with Gasteiger partial charge in [-0.25, -0.2) is 8.42 Å². The van der Waals surface area contributed by atoms with Crippen LogP contribution in [-0.4, -0.2) is 39.3 Å². The SMILES string of the molecule is COc1ccc(CNC(=O)CN(C)S(=O)(=O)c2cc(Cl)ccc2Cl)cc1. The lowest BCUT2D eigenvalue weighted by molar-refractivity contribution is -0.121. The van der Waals surface area contributed by atoms with E-state index in [1.165, 1.54) is 25.2 Å². The number of ether oxygens (including phenoxy) is 1. The number of halogens is 2. The first-order valence-corrected chi connectivity index (χ1v) is 9.74. The van der Waals surface area contributed by atoms with Crippen molar-refractivity contribution in [3.8, 4) is 5.75 Å². The number of amides is 1. The zero-order valence-corrected chi connectivity index (χ0v) is 16.5. The molecule has 0 aromatic heterocycles. The minimum Gasteiger partial charge on any atom is -0.497 e. The smallest absolute Gasteiger partial charge is 0.244 e. The van der Waals surface area contributed by atoms with Gasteiger partial charge in [0.15, 0.2) is 0 Å². The molecular weight excluding hydrogens is 399 g/mol. The average Bonchev–Trinajstić information content (AvgIpc) is 2.62. The van der Waals surface area contributed by atoms with Crippen molar-refractivity contribution in [2.75, 3.05) is 20.7 Å². The second-order valence-corrected chi connectivity index (χ2v) is 8.32. The van der Waals surface area contributed by atoms with Crippen LogP contribution in [0.4, 0.5) is 0 Å². The van der Waals surface area contributed by atoms with E-state index in [1.807, 2.05) is 12.1 Å². The van der Waals surface area contributed by atoms with Crippen LogP contribution in [0.15, 0.2) is 47.4 Å². The van der Waals surface area contributed by atoms with Gasteiger partial charge in [0.05, 0.1) is 18.7 Å². The second kappa shape index (κ2) is 8.73. The molecule has 140 valence electrons. The van der Waals surface area contributed by atoms with Crippen LogP contribution in [0.25, 0.3) is 0 Å². The van der Waals surface area contributed by atoms with Crippen molar-refractivity contribution in [1.82, 2.24) is 9.62 Å². The predicted octanol–water partition coefficient (Wildman–Crippen LogP) is 2.94. The van der Waals surface area contributed by atoms with Crippen LogP contribution in [-0.2, 0) is 21.4 Å². The zero-order chi connectivity index (χ0) is 19.3. The number of methoxy groups -OCH3 is 1. The predicted molar refractivity (Wildman–Crippen MR) is 101 cm³/mol. The Morgan fingerprint density at radius 1 is 1.15 bits per heavy atom. The molecule has 0 saturated heterocycles. The molecule has 0 fully saturated rings. The Morgan fingerprint density at radius 2 is 1.81 bits per heavy atom. The number of hydrogen-bond donors (Lipinski definition) is 1. The molecule has 9 heteroatoms. The maximum absolute atomic E-state index is 12.6. The van der Waals surface area contributed by atoms with Crippen LogP contribution in [0.2, 0.25) is 10.0 Å². The molecule has 0 aliphatic carbocycles. The van der Waals surface area contributed by atoms with E-state index in [2.05, 4.69) is 5.32 Å². The number of carbonyl (C=O) groups excluding carboxylic acids is 1. The first-order valence-electron chi connectivity index (χ1n) is 7.55. The van der Waals surface area contributed by atoms with Crippen molar-refractivity contribution in [1.29, 1.82) is 0 Å². The minimum absolute atomic E-state index is 0.0416. The van der Waals surface area contributed by atoms with Gasteiger partial charge in [-0.05, 0) is 35.9 Å². The maximum Gasteiger partial charge on any atom is 0.244 e. The van der Waals surface area contributed by atoms with Gasteiger partial charge in [-0.1, -0.05) is 35.3 Å². The van der Waals surface area contributed by atoms with E-state index in [9.17, 15) is 13.2 Å². The molecule has 0 aliphatic heterocycles. The molecule has 2 rings (SSSR count). The zero-order valence-electron chi connectivity index (χ0n) is 14.2. The van der Waals surface area contributed by atoms with Crippen molar-refractivity contribution >= 4 is 39.1 Å². The normalized spacial score (nSPS) is 11.4. The Morgan fingerprint density at radius 3 is 2.42 bits per heavy atom. The van der Waals surface area contributed by atoms with E-state index in [1.54, 1.807) is 19.2 Å². The molecule has 1 amide bonds. The summed E-state index contributed by atoms with van der Waals surface area (Å²) in [7, 11) is -1.07. The number of hydrogen-bond acceptors (Lipinski definition) is 4. The molecule has 0 spiro atoms. The number of sulfonamides is 1. The van der Waals surface area contributed by atoms with Crippen molar-refractivity contribution < 1.29 is 17.9 Å². The molecule has 6 nitrogen and oxygen atoms in total. The number of nitrogens with zero attached hydrogens (tertiary/aromatic N) is 1. The van der Waals surface area contributed by atoms with E-state index in [4.69, 9.17) is 27.9 Å². The van der Waals surface area contributed by atoms with Gasteiger partial charge in [0, 0.05) is 18.6 Å². The fourth-order valence-corrected chi connectivity index (χ4v) is 3.99. The molecular formula is C17H18Cl2N2O4S. The van der Waals surface area contributed by atoms with E-state index < -0.39 is 15.9 Å². The minimum atomic E-state index is -3.94. The number of rotatable bonds is 7. The molecule has 0 unspecified atom stereocenters. The average molecular weight is 417 g/mol. The fraction of sp³-hybridized carbons (Fsp3) is 0.235. The third-order valence-corrected chi connectivity index (χ3v) is 6.12. The molecule has 0 bridgehead atoms. The van der Waals surface area contributed by atoms with Crippen LogP contribution >= 0.6 is 23.2 Å². The summed E-state index contributed by atoms with van der Waals surface area (Å²) in [6.45, 7) is -0.0734. The van der Waals surface area contributed by atoms with Gasteiger partial charge >= 0.3 is 0 Å². The Labute approximate surface area is 162 Å². The molecule has 1 N–H and O–H groups in total. The molecule has 26 heavy (non-hydrogen) atoms. The van der Waals surface area contributed by atoms with Crippen LogP contribution in [0, 0.1) is 0 Å². The number of carbonyl (C=O) groups is 1. The van der Waals surface area contributed by atoms with E-state index in [-0.39, 0.29) is 28.0 Å². The lowest BCUT2D eigenvalue weighted by Gasteiger charge is -2.18. The van der Waals surface area contributed by atoms with Crippen molar-refractivity contribution in [2.45, 2.75) is 11.4 Å². The van der Waals surface area contributed by atoms with E-state index in [0.29, 0.717) is 5.75 Å². The lowest BCUT2D eigenvalue weighted by atomic mass is 10.2. The Hall–Kier alpha value is -1.80. The Balaban J connectivity index is 2.00. The highest BCUT2D eigenvalue weighted by Crippen LogP contribution is 2.27. The van der Waals surface area contributed by atoms with Gasteiger partial charge in [0.1, 0.15) is 10.6 Å². The summed E-state index contributed by atoms with van der Waals surface area (Å²) in [5.41, 5.74) is 0.863. The second-order valence-electron chi connectivity index (χ2n) is 5.46. The quantitative estimate of drug-likeness (QED) is 0.752. The summed E-state index contributed by atoms with van der Waals surface area (Å²) in [5.74, 6) is 0.273. The molecule has 0 atom stereocenters. The largest absolute Gasteiger partial charge is 0.497 e. The van der Waals surface area contributed by atoms with Crippen LogP contribution in [0.1, 0.15) is 5.56 Å². The van der Waals surface area contributed by atoms with Gasteiger partial charge in [-0.3, -0.25) is 4.79 Å². The molecule has 0 saturated carbocycles. The van der Waals surface area contributed by atoms with Crippen LogP contribution < -0.4 is 10.1 Å². The highest BCUT2D eigenvalue weighted by Gasteiger charge is 2.25. The third kappa shape index (κ3) is 5.11. The third-order valence-electron chi connectivity index (χ3n) is 3.60. The summed E-state index contributed by atoms with van der Waals surface area (Å²) in [4.78, 5) is 11.9. The van der Waals surface area contributed by atoms with Gasteiger partial charge in [0.25, 0.3) is 0 Å². The topological polar surface area (TPSA) is 75.7 Å². The lowest BCUT2D eigenvalue weighted by Crippen LogP contribution is -2.38. The van der Waals surface area contributed by atoms with E-state index >= 15 is 0 Å². The first-order chi connectivity index (χ1) is 12.2. The van der Waals surface area contributed by atoms with Crippen molar-refractivity contribution in [2.24, 2.45) is 0 Å². The monoisotopic (exact) mass is 416 g/mol. The maximum atomic E-state index is 12.6. The van der Waals surface area contributed by atoms with Gasteiger partial charge < -0.3 is 10.1 Å². The number of benzene rings is 2. The highest BCUT2D eigenvalue weighted by atomic mass is 35.5. The van der Waals surface area contributed by atoms with Gasteiger partial charge in [0.2, 0.25) is 15.9 Å². The standard InChI is InChI=1S/C17H18Cl2N2O4S/c1-21(26(23,24)16-9-13(18)5-8-15(16)19)11-17(22)20-10-12-3-6-14(25-2)7-4-12/h3-9H,10-11H2,1-2H3,(H,20,22). The number of likely N-dealkylation sites (N-methyl/N-ethyl adjacent to an activating group) is 1. The van der Waals surface area contributed by atoms with Crippen LogP contribution in [0.5, 0.6) is 5.75 Å².